The van der Waals surface area contributed by atoms with E-state index in [2.05, 4.69) is 58.0 Å². The van der Waals surface area contributed by atoms with Crippen molar-refractivity contribution in [2.45, 2.75) is 137 Å². The molecule has 19 nitrogen and oxygen atoms in total. The summed E-state index contributed by atoms with van der Waals surface area (Å²) in [5, 5.41) is 8.45. The molecule has 6 amide bonds. The molecule has 3 saturated heterocycles. The Hall–Kier alpha value is -7.06. The van der Waals surface area contributed by atoms with Gasteiger partial charge in [-0.3, -0.25) is 43.9 Å². The van der Waals surface area contributed by atoms with Crippen LogP contribution in [0.4, 0.5) is 30.2 Å². The molecule has 4 aromatic rings. The maximum atomic E-state index is 14.5. The zero-order valence-corrected chi connectivity index (χ0v) is 55.2. The van der Waals surface area contributed by atoms with Gasteiger partial charge in [0.05, 0.1) is 21.7 Å². The van der Waals surface area contributed by atoms with Gasteiger partial charge in [0.25, 0.3) is 37.6 Å². The van der Waals surface area contributed by atoms with Crippen molar-refractivity contribution in [3.05, 3.63) is 131 Å². The summed E-state index contributed by atoms with van der Waals surface area (Å²) in [6, 6.07) is 21.1. The number of piperidine rings is 2. The highest BCUT2D eigenvalue weighted by atomic mass is 32.2. The summed E-state index contributed by atoms with van der Waals surface area (Å²) in [7, 11) is -9.35. The van der Waals surface area contributed by atoms with Gasteiger partial charge in [-0.05, 0) is 161 Å². The van der Waals surface area contributed by atoms with Gasteiger partial charge in [-0.15, -0.1) is 11.8 Å². The number of anilines is 3. The van der Waals surface area contributed by atoms with E-state index in [0.29, 0.717) is 76.6 Å². The third-order valence-electron chi connectivity index (χ3n) is 18.2. The second-order valence-electron chi connectivity index (χ2n) is 25.4. The van der Waals surface area contributed by atoms with Crippen molar-refractivity contribution in [3.8, 4) is 0 Å². The van der Waals surface area contributed by atoms with Crippen LogP contribution < -0.4 is 25.6 Å². The standard InChI is InChI=1S/C67H84F3N9O10S3/c1-6-7-14-45(2)54-42-66(3,4)31-27-48(54)43-77-37-39-78(40-38-77)50-21-19-46(20-22-50)61(81)74-92(88,89)52-23-24-55(58(41-52)91(86,87)67(68,69)70)72-49(44-90-51-15-9-8-10-16-51)30-36-76-34-28-47(29-35-76)63(83)75(5)33-12-11-32-71-56-18-13-17-53-60(56)65(85)79(64(53)84)57-25-26-59(80)73-62(57)82/h8-10,13,15-24,41,47,49,57,71-72H,2,6-7,11-12,14,25-40,42-44H2,1,3-5H3,(H,74,81)(H,73,80,82)/t49-,57?/m1/s1. The van der Waals surface area contributed by atoms with E-state index in [4.69, 9.17) is 0 Å². The monoisotopic (exact) mass is 1330 g/mol. The minimum atomic E-state index is -6.16. The number of carbonyl (C=O) groups is 6. The molecule has 25 heteroatoms. The average Bonchev–Trinajstić information content (AvgIpc) is 1.44. The van der Waals surface area contributed by atoms with Crippen LogP contribution in [0.15, 0.2) is 129 Å². The molecule has 4 aliphatic heterocycles. The molecule has 496 valence electrons. The van der Waals surface area contributed by atoms with Gasteiger partial charge in [-0.25, -0.2) is 21.6 Å². The van der Waals surface area contributed by atoms with Gasteiger partial charge in [0.1, 0.15) is 10.9 Å². The number of fused-ring (bicyclic) bond motifs is 1. The molecule has 5 aliphatic rings. The second-order valence-corrected chi connectivity index (χ2v) is 30.1. The van der Waals surface area contributed by atoms with Crippen LogP contribution in [0.1, 0.15) is 135 Å². The van der Waals surface area contributed by atoms with Crippen molar-refractivity contribution in [1.82, 2.24) is 29.6 Å². The van der Waals surface area contributed by atoms with Crippen molar-refractivity contribution in [2.75, 3.05) is 93.8 Å². The van der Waals surface area contributed by atoms with Crippen LogP contribution in [0, 0.1) is 11.3 Å². The lowest BCUT2D eigenvalue weighted by atomic mass is 9.72. The molecule has 0 radical (unpaired) electrons. The average molecular weight is 1330 g/mol. The number of hydrogen-bond donors (Lipinski definition) is 4. The van der Waals surface area contributed by atoms with Crippen LogP contribution >= 0.6 is 11.8 Å². The van der Waals surface area contributed by atoms with Crippen molar-refractivity contribution in [3.63, 3.8) is 0 Å². The number of imide groups is 2. The van der Waals surface area contributed by atoms with E-state index in [0.717, 1.165) is 98.9 Å². The van der Waals surface area contributed by atoms with E-state index in [1.54, 1.807) is 36.2 Å². The number of halogens is 3. The molecule has 4 aromatic carbocycles. The van der Waals surface area contributed by atoms with E-state index < -0.39 is 82.5 Å². The van der Waals surface area contributed by atoms with Gasteiger partial charge in [0.2, 0.25) is 17.7 Å². The minimum absolute atomic E-state index is 0.0112. The number of nitrogens with one attached hydrogen (secondary N) is 4. The molecule has 0 saturated carbocycles. The summed E-state index contributed by atoms with van der Waals surface area (Å²) >= 11 is 1.40. The molecule has 1 aliphatic carbocycles. The van der Waals surface area contributed by atoms with Crippen molar-refractivity contribution >= 4 is 84.1 Å². The van der Waals surface area contributed by atoms with Crippen LogP contribution in [0.25, 0.3) is 0 Å². The summed E-state index contributed by atoms with van der Waals surface area (Å²) in [4.78, 5) is 86.4. The Bertz CT molecular complexity index is 3670. The molecule has 1 unspecified atom stereocenters. The maximum Gasteiger partial charge on any atom is 0.501 e. The molecule has 0 spiro atoms. The van der Waals surface area contributed by atoms with Gasteiger partial charge in [0, 0.05) is 105 Å². The third-order valence-corrected chi connectivity index (χ3v) is 22.2. The van der Waals surface area contributed by atoms with Crippen molar-refractivity contribution < 1.29 is 58.8 Å². The summed E-state index contributed by atoms with van der Waals surface area (Å²) < 4.78 is 100.0. The quantitative estimate of drug-likeness (QED) is 0.0247. The van der Waals surface area contributed by atoms with E-state index in [-0.39, 0.29) is 52.5 Å². The molecular formula is C67H84F3N9O10S3. The first kappa shape index (κ1) is 69.3. The Morgan fingerprint density at radius 3 is 2.23 bits per heavy atom. The molecule has 92 heavy (non-hydrogen) atoms. The molecule has 3 fully saturated rings. The van der Waals surface area contributed by atoms with Gasteiger partial charge in [-0.2, -0.15) is 13.2 Å². The van der Waals surface area contributed by atoms with Gasteiger partial charge in [0.15, 0.2) is 0 Å². The number of likely N-dealkylation sites (tertiary alicyclic amines) is 1. The Morgan fingerprint density at radius 2 is 1.54 bits per heavy atom. The molecule has 4 heterocycles. The van der Waals surface area contributed by atoms with Gasteiger partial charge >= 0.3 is 5.51 Å². The predicted molar refractivity (Wildman–Crippen MR) is 350 cm³/mol. The molecular weight excluding hydrogens is 1240 g/mol. The van der Waals surface area contributed by atoms with Gasteiger partial charge < -0.3 is 25.3 Å². The SMILES string of the molecule is C=C(CCCC)C1=C(CN2CCN(c3ccc(C(=O)NS(=O)(=O)c4ccc(N[C@H](CCN5CCC(C(=O)N(C)CCCCNc6cccc7c6C(=O)N(C6CCC(=O)NC6=O)C7=O)CC5)CSc5ccccc5)c(S(=O)(=O)C(F)(F)F)c4)cc3)CC2)CCC(C)(C)C1. The van der Waals surface area contributed by atoms with Gasteiger partial charge in [-0.1, -0.05) is 69.2 Å². The fourth-order valence-corrected chi connectivity index (χ4v) is 15.7. The molecule has 0 bridgehead atoms. The number of carbonyl (C=O) groups excluding carboxylic acids is 6. The number of piperazine rings is 1. The number of allylic oxidation sites excluding steroid dienone is 2. The summed E-state index contributed by atoms with van der Waals surface area (Å²) in [6.07, 6.45) is 9.19. The Labute approximate surface area is 542 Å². The largest absolute Gasteiger partial charge is 0.501 e. The summed E-state index contributed by atoms with van der Waals surface area (Å²) in [6.45, 7) is 17.7. The summed E-state index contributed by atoms with van der Waals surface area (Å²) in [5.74, 6) is -3.41. The Morgan fingerprint density at radius 1 is 0.826 bits per heavy atom. The van der Waals surface area contributed by atoms with Crippen LogP contribution in [0.5, 0.6) is 0 Å². The third kappa shape index (κ3) is 16.8. The first-order valence-corrected chi connectivity index (χ1v) is 35.7. The number of sulfonamides is 1. The highest BCUT2D eigenvalue weighted by molar-refractivity contribution is 7.99. The highest BCUT2D eigenvalue weighted by Crippen LogP contribution is 2.43. The Kier molecular flexibility index (Phi) is 22.5. The van der Waals surface area contributed by atoms with Crippen LogP contribution in [0.2, 0.25) is 0 Å². The van der Waals surface area contributed by atoms with Crippen LogP contribution in [-0.2, 0) is 34.2 Å². The predicted octanol–water partition coefficient (Wildman–Crippen LogP) is 9.90. The fourth-order valence-electron chi connectivity index (χ4n) is 12.7. The lowest BCUT2D eigenvalue weighted by Gasteiger charge is -2.39. The number of benzene rings is 4. The zero-order valence-electron chi connectivity index (χ0n) is 52.7. The maximum absolute atomic E-state index is 14.5. The number of nitrogens with zero attached hydrogens (tertiary/aromatic N) is 5. The highest BCUT2D eigenvalue weighted by Gasteiger charge is 2.49. The summed E-state index contributed by atoms with van der Waals surface area (Å²) in [5.41, 5.74) is -0.285. The first-order chi connectivity index (χ1) is 43.7. The van der Waals surface area contributed by atoms with E-state index in [1.165, 1.54) is 46.7 Å². The lowest BCUT2D eigenvalue weighted by Crippen LogP contribution is -2.54. The molecule has 0 aromatic heterocycles. The van der Waals surface area contributed by atoms with Crippen molar-refractivity contribution in [1.29, 1.82) is 0 Å². The topological polar surface area (TPSA) is 235 Å². The number of unbranched alkanes of at least 4 members (excludes halogenated alkanes) is 2. The number of thioether (sulfide) groups is 1. The Balaban J connectivity index is 0.776. The van der Waals surface area contributed by atoms with E-state index in [1.807, 2.05) is 35.1 Å². The van der Waals surface area contributed by atoms with Crippen molar-refractivity contribution in [2.24, 2.45) is 11.3 Å². The second kappa shape index (κ2) is 29.9. The van der Waals surface area contributed by atoms with Crippen LogP contribution in [-0.4, -0.2) is 168 Å². The number of sulfone groups is 1. The first-order valence-electron chi connectivity index (χ1n) is 31.7. The zero-order chi connectivity index (χ0) is 66.1. The number of alkyl halides is 3. The normalized spacial score (nSPS) is 19.0. The number of hydrogen-bond acceptors (Lipinski definition) is 16. The molecule has 9 rings (SSSR count). The fraction of sp³-hybridized carbons (Fsp3) is 0.493. The minimum Gasteiger partial charge on any atom is -0.384 e. The number of amides is 6. The molecule has 2 atom stereocenters. The van der Waals surface area contributed by atoms with E-state index in [9.17, 15) is 58.8 Å². The smallest absolute Gasteiger partial charge is 0.384 e. The van der Waals surface area contributed by atoms with Crippen LogP contribution in [0.3, 0.4) is 0 Å². The molecule has 4 N–H and O–H groups in total. The lowest BCUT2D eigenvalue weighted by molar-refractivity contribution is -0.137. The van der Waals surface area contributed by atoms with E-state index >= 15 is 0 Å². The number of rotatable bonds is 27.